The van der Waals surface area contributed by atoms with Crippen molar-refractivity contribution in [3.8, 4) is 11.5 Å². The van der Waals surface area contributed by atoms with Crippen LogP contribution in [0.25, 0.3) is 0 Å². The highest BCUT2D eigenvalue weighted by molar-refractivity contribution is 7.99. The van der Waals surface area contributed by atoms with Crippen LogP contribution in [-0.2, 0) is 0 Å². The summed E-state index contributed by atoms with van der Waals surface area (Å²) >= 11 is 1.62. The van der Waals surface area contributed by atoms with Crippen LogP contribution in [0, 0.1) is 0 Å². The third-order valence-corrected chi connectivity index (χ3v) is 3.48. The van der Waals surface area contributed by atoms with E-state index in [1.165, 1.54) is 0 Å². The van der Waals surface area contributed by atoms with Gasteiger partial charge in [-0.1, -0.05) is 11.8 Å². The molecule has 1 aromatic heterocycles. The maximum Gasteiger partial charge on any atom is 0.162 e. The number of nitrogen functional groups attached to an aromatic ring is 1. The molecular formula is C13H12N2O2S. The van der Waals surface area contributed by atoms with Crippen molar-refractivity contribution in [2.24, 2.45) is 0 Å². The van der Waals surface area contributed by atoms with Crippen molar-refractivity contribution >= 4 is 17.6 Å². The topological polar surface area (TPSA) is 57.4 Å². The van der Waals surface area contributed by atoms with E-state index in [9.17, 15) is 0 Å². The van der Waals surface area contributed by atoms with Gasteiger partial charge in [0.1, 0.15) is 19.0 Å². The van der Waals surface area contributed by atoms with E-state index in [-0.39, 0.29) is 0 Å². The second-order valence-corrected chi connectivity index (χ2v) is 4.97. The predicted octanol–water partition coefficient (Wildman–Crippen LogP) is 2.59. The van der Waals surface area contributed by atoms with Gasteiger partial charge in [-0.15, -0.1) is 0 Å². The molecule has 1 aliphatic rings. The van der Waals surface area contributed by atoms with Gasteiger partial charge in [0.15, 0.2) is 11.5 Å². The van der Waals surface area contributed by atoms with Crippen molar-refractivity contribution in [1.29, 1.82) is 0 Å². The van der Waals surface area contributed by atoms with E-state index in [4.69, 9.17) is 15.2 Å². The number of fused-ring (bicyclic) bond motifs is 1. The van der Waals surface area contributed by atoms with Gasteiger partial charge in [-0.05, 0) is 30.3 Å². The normalized spacial score (nSPS) is 13.3. The van der Waals surface area contributed by atoms with Crippen LogP contribution in [0.2, 0.25) is 0 Å². The summed E-state index contributed by atoms with van der Waals surface area (Å²) in [5, 5.41) is 0. The molecule has 0 spiro atoms. The molecule has 0 aliphatic carbocycles. The van der Waals surface area contributed by atoms with Crippen molar-refractivity contribution in [3.05, 3.63) is 36.5 Å². The van der Waals surface area contributed by atoms with Crippen molar-refractivity contribution in [3.63, 3.8) is 0 Å². The highest BCUT2D eigenvalue weighted by atomic mass is 32.2. The molecule has 1 aliphatic heterocycles. The molecular weight excluding hydrogens is 248 g/mol. The molecule has 0 fully saturated rings. The van der Waals surface area contributed by atoms with E-state index in [0.717, 1.165) is 21.3 Å². The molecule has 4 nitrogen and oxygen atoms in total. The standard InChI is InChI=1S/C13H12N2O2S/c14-13-4-2-10(8-15-13)18-9-1-3-11-12(7-9)17-6-5-16-11/h1-4,7-8H,5-6H2,(H2,14,15). The van der Waals surface area contributed by atoms with E-state index < -0.39 is 0 Å². The van der Waals surface area contributed by atoms with Gasteiger partial charge in [0, 0.05) is 16.0 Å². The molecule has 5 heteroatoms. The summed E-state index contributed by atoms with van der Waals surface area (Å²) in [6.07, 6.45) is 1.76. The number of aromatic nitrogens is 1. The monoisotopic (exact) mass is 260 g/mol. The van der Waals surface area contributed by atoms with Gasteiger partial charge in [0.05, 0.1) is 0 Å². The quantitative estimate of drug-likeness (QED) is 0.899. The Morgan fingerprint density at radius 3 is 2.56 bits per heavy atom. The highest BCUT2D eigenvalue weighted by Crippen LogP contribution is 2.36. The van der Waals surface area contributed by atoms with Gasteiger partial charge in [-0.2, -0.15) is 0 Å². The zero-order valence-corrected chi connectivity index (χ0v) is 10.4. The molecule has 18 heavy (non-hydrogen) atoms. The van der Waals surface area contributed by atoms with Crippen molar-refractivity contribution in [1.82, 2.24) is 4.98 Å². The molecule has 0 amide bonds. The van der Waals surface area contributed by atoms with E-state index in [1.807, 2.05) is 24.3 Å². The lowest BCUT2D eigenvalue weighted by Gasteiger charge is -2.18. The van der Waals surface area contributed by atoms with E-state index in [1.54, 1.807) is 24.0 Å². The zero-order valence-electron chi connectivity index (χ0n) is 9.63. The smallest absolute Gasteiger partial charge is 0.162 e. The van der Waals surface area contributed by atoms with E-state index >= 15 is 0 Å². The van der Waals surface area contributed by atoms with Crippen LogP contribution < -0.4 is 15.2 Å². The van der Waals surface area contributed by atoms with Crippen LogP contribution in [0.5, 0.6) is 11.5 Å². The SMILES string of the molecule is Nc1ccc(Sc2ccc3c(c2)OCCO3)cn1. The Morgan fingerprint density at radius 2 is 1.78 bits per heavy atom. The Balaban J connectivity index is 1.82. The van der Waals surface area contributed by atoms with Gasteiger partial charge in [0.25, 0.3) is 0 Å². The van der Waals surface area contributed by atoms with Crippen LogP contribution in [0.15, 0.2) is 46.3 Å². The number of nitrogens with zero attached hydrogens (tertiary/aromatic N) is 1. The number of pyridine rings is 1. The predicted molar refractivity (Wildman–Crippen MR) is 70.2 cm³/mol. The molecule has 0 bridgehead atoms. The van der Waals surface area contributed by atoms with E-state index in [2.05, 4.69) is 4.98 Å². The molecule has 2 N–H and O–H groups in total. The number of rotatable bonds is 2. The summed E-state index contributed by atoms with van der Waals surface area (Å²) in [5.74, 6) is 2.14. The Bertz CT molecular complexity index is 557. The zero-order chi connectivity index (χ0) is 12.4. The largest absolute Gasteiger partial charge is 0.486 e. The summed E-state index contributed by atoms with van der Waals surface area (Å²) < 4.78 is 11.0. The Morgan fingerprint density at radius 1 is 1.00 bits per heavy atom. The number of hydrogen-bond donors (Lipinski definition) is 1. The third kappa shape index (κ3) is 2.36. The van der Waals surface area contributed by atoms with Gasteiger partial charge >= 0.3 is 0 Å². The number of ether oxygens (including phenoxy) is 2. The summed E-state index contributed by atoms with van der Waals surface area (Å²) in [6.45, 7) is 1.21. The lowest BCUT2D eigenvalue weighted by Crippen LogP contribution is -2.15. The van der Waals surface area contributed by atoms with Crippen molar-refractivity contribution in [2.75, 3.05) is 18.9 Å². The van der Waals surface area contributed by atoms with Gasteiger partial charge in [-0.25, -0.2) is 4.98 Å². The molecule has 0 atom stereocenters. The molecule has 92 valence electrons. The fourth-order valence-corrected chi connectivity index (χ4v) is 2.49. The first kappa shape index (κ1) is 11.2. The second kappa shape index (κ2) is 4.78. The number of nitrogens with two attached hydrogens (primary N) is 1. The number of benzene rings is 1. The Hall–Kier alpha value is -1.88. The maximum atomic E-state index is 5.55. The minimum atomic E-state index is 0.529. The minimum Gasteiger partial charge on any atom is -0.486 e. The number of hydrogen-bond acceptors (Lipinski definition) is 5. The average Bonchev–Trinajstić information content (AvgIpc) is 2.41. The van der Waals surface area contributed by atoms with Crippen LogP contribution >= 0.6 is 11.8 Å². The molecule has 2 heterocycles. The first-order chi connectivity index (χ1) is 8.81. The molecule has 0 saturated heterocycles. The lowest BCUT2D eigenvalue weighted by atomic mass is 10.3. The van der Waals surface area contributed by atoms with Crippen molar-refractivity contribution in [2.45, 2.75) is 9.79 Å². The first-order valence-corrected chi connectivity index (χ1v) is 6.42. The van der Waals surface area contributed by atoms with Crippen LogP contribution in [0.4, 0.5) is 5.82 Å². The average molecular weight is 260 g/mol. The molecule has 3 rings (SSSR count). The lowest BCUT2D eigenvalue weighted by molar-refractivity contribution is 0.171. The summed E-state index contributed by atoms with van der Waals surface area (Å²) in [7, 11) is 0. The first-order valence-electron chi connectivity index (χ1n) is 5.60. The van der Waals surface area contributed by atoms with Crippen LogP contribution in [-0.4, -0.2) is 18.2 Å². The fourth-order valence-electron chi connectivity index (χ4n) is 1.68. The molecule has 0 unspecified atom stereocenters. The maximum absolute atomic E-state index is 5.55. The second-order valence-electron chi connectivity index (χ2n) is 3.83. The third-order valence-electron chi connectivity index (χ3n) is 2.51. The molecule has 0 radical (unpaired) electrons. The van der Waals surface area contributed by atoms with Crippen LogP contribution in [0.1, 0.15) is 0 Å². The summed E-state index contributed by atoms with van der Waals surface area (Å²) in [6, 6.07) is 9.66. The number of anilines is 1. The fraction of sp³-hybridized carbons (Fsp3) is 0.154. The highest BCUT2D eigenvalue weighted by Gasteiger charge is 2.12. The van der Waals surface area contributed by atoms with E-state index in [0.29, 0.717) is 19.0 Å². The Labute approximate surface area is 109 Å². The minimum absolute atomic E-state index is 0.529. The van der Waals surface area contributed by atoms with Gasteiger partial charge in [-0.3, -0.25) is 0 Å². The van der Waals surface area contributed by atoms with Crippen molar-refractivity contribution < 1.29 is 9.47 Å². The van der Waals surface area contributed by atoms with Crippen LogP contribution in [0.3, 0.4) is 0 Å². The molecule has 2 aromatic rings. The van der Waals surface area contributed by atoms with Gasteiger partial charge in [0.2, 0.25) is 0 Å². The summed E-state index contributed by atoms with van der Waals surface area (Å²) in [5.41, 5.74) is 5.55. The van der Waals surface area contributed by atoms with Gasteiger partial charge < -0.3 is 15.2 Å². The molecule has 1 aromatic carbocycles. The molecule has 0 saturated carbocycles. The summed E-state index contributed by atoms with van der Waals surface area (Å²) in [4.78, 5) is 6.19. The Kier molecular flexibility index (Phi) is 2.98.